The highest BCUT2D eigenvalue weighted by Crippen LogP contribution is 2.36. The van der Waals surface area contributed by atoms with Crippen LogP contribution < -0.4 is 5.32 Å². The van der Waals surface area contributed by atoms with E-state index in [0.717, 1.165) is 30.4 Å². The minimum atomic E-state index is -0.292. The van der Waals surface area contributed by atoms with Crippen LogP contribution in [-0.2, 0) is 15.9 Å². The fraction of sp³-hybridized carbons (Fsp3) is 0.435. The van der Waals surface area contributed by atoms with Crippen LogP contribution in [0.5, 0.6) is 0 Å². The van der Waals surface area contributed by atoms with Gasteiger partial charge in [0.05, 0.1) is 19.3 Å². The van der Waals surface area contributed by atoms with E-state index in [2.05, 4.69) is 17.4 Å². The molecule has 0 aromatic heterocycles. The zero-order chi connectivity index (χ0) is 19.8. The predicted molar refractivity (Wildman–Crippen MR) is 106 cm³/mol. The lowest BCUT2D eigenvalue weighted by atomic mass is 9.88. The highest BCUT2D eigenvalue weighted by atomic mass is 19.1. The number of hydrogen-bond donors (Lipinski definition) is 1. The van der Waals surface area contributed by atoms with Gasteiger partial charge in [-0.2, -0.15) is 0 Å². The number of morpholine rings is 1. The molecule has 29 heavy (non-hydrogen) atoms. The van der Waals surface area contributed by atoms with Gasteiger partial charge in [0.1, 0.15) is 11.9 Å². The van der Waals surface area contributed by atoms with E-state index in [1.807, 2.05) is 12.1 Å². The zero-order valence-corrected chi connectivity index (χ0v) is 16.2. The number of amides is 1. The number of nitrogens with one attached hydrogen (secondary N) is 1. The molecule has 1 amide bonds. The maximum Gasteiger partial charge on any atom is 0.410 e. The van der Waals surface area contributed by atoms with Crippen molar-refractivity contribution in [3.63, 3.8) is 0 Å². The smallest absolute Gasteiger partial charge is 0.410 e. The number of benzene rings is 2. The third-order valence-corrected chi connectivity index (χ3v) is 6.18. The summed E-state index contributed by atoms with van der Waals surface area (Å²) in [6.07, 6.45) is 1.93. The number of carbonyl (C=O) groups excluding carboxylic acids is 1. The van der Waals surface area contributed by atoms with E-state index >= 15 is 0 Å². The van der Waals surface area contributed by atoms with E-state index in [1.54, 1.807) is 17.0 Å². The van der Waals surface area contributed by atoms with Gasteiger partial charge < -0.3 is 14.8 Å². The first-order valence-corrected chi connectivity index (χ1v) is 10.3. The lowest BCUT2D eigenvalue weighted by molar-refractivity contribution is -0.0338. The molecule has 3 aliphatic heterocycles. The molecule has 3 heterocycles. The summed E-state index contributed by atoms with van der Waals surface area (Å²) in [4.78, 5) is 15.0. The Kier molecular flexibility index (Phi) is 4.97. The summed E-state index contributed by atoms with van der Waals surface area (Å²) < 4.78 is 25.1. The molecule has 3 aliphatic rings. The van der Waals surface area contributed by atoms with Crippen molar-refractivity contribution in [3.05, 3.63) is 71.0 Å². The van der Waals surface area contributed by atoms with E-state index < -0.39 is 0 Å². The van der Waals surface area contributed by atoms with Gasteiger partial charge in [0.25, 0.3) is 0 Å². The van der Waals surface area contributed by atoms with E-state index in [4.69, 9.17) is 9.47 Å². The highest BCUT2D eigenvalue weighted by Gasteiger charge is 2.37. The van der Waals surface area contributed by atoms with Crippen LogP contribution in [0.4, 0.5) is 9.18 Å². The topological polar surface area (TPSA) is 50.8 Å². The number of halogens is 1. The predicted octanol–water partition coefficient (Wildman–Crippen LogP) is 3.43. The van der Waals surface area contributed by atoms with Crippen LogP contribution in [0.15, 0.2) is 48.5 Å². The SMILES string of the molecule is O=C(OC1CC2COCC(C1)N2)N1CCc2ccccc2C1c1ccc(F)cc1. The molecule has 152 valence electrons. The van der Waals surface area contributed by atoms with Gasteiger partial charge in [-0.1, -0.05) is 36.4 Å². The third-order valence-electron chi connectivity index (χ3n) is 6.18. The Balaban J connectivity index is 1.40. The monoisotopic (exact) mass is 396 g/mol. The van der Waals surface area contributed by atoms with Crippen molar-refractivity contribution in [3.8, 4) is 0 Å². The van der Waals surface area contributed by atoms with Gasteiger partial charge in [0.2, 0.25) is 0 Å². The summed E-state index contributed by atoms with van der Waals surface area (Å²) in [5.74, 6) is -0.282. The molecule has 2 aromatic carbocycles. The maximum atomic E-state index is 13.5. The van der Waals surface area contributed by atoms with Crippen LogP contribution in [0.1, 0.15) is 35.6 Å². The summed E-state index contributed by atoms with van der Waals surface area (Å²) in [7, 11) is 0. The number of hydrogen-bond acceptors (Lipinski definition) is 4. The van der Waals surface area contributed by atoms with Gasteiger partial charge in [0, 0.05) is 31.5 Å². The second kappa shape index (κ2) is 7.76. The van der Waals surface area contributed by atoms with E-state index in [0.29, 0.717) is 19.8 Å². The summed E-state index contributed by atoms with van der Waals surface area (Å²) in [6.45, 7) is 1.92. The molecular formula is C23H25FN2O3. The number of fused-ring (bicyclic) bond motifs is 3. The minimum absolute atomic E-state index is 0.103. The fourth-order valence-electron chi connectivity index (χ4n) is 4.86. The molecule has 5 nitrogen and oxygen atoms in total. The van der Waals surface area contributed by atoms with Gasteiger partial charge in [-0.25, -0.2) is 9.18 Å². The number of nitrogens with zero attached hydrogens (tertiary/aromatic N) is 1. The summed E-state index contributed by atoms with van der Waals surface area (Å²) in [5.41, 5.74) is 3.20. The highest BCUT2D eigenvalue weighted by molar-refractivity contribution is 5.70. The second-order valence-electron chi connectivity index (χ2n) is 8.17. The van der Waals surface area contributed by atoms with Gasteiger partial charge in [-0.15, -0.1) is 0 Å². The minimum Gasteiger partial charge on any atom is -0.446 e. The number of ether oxygens (including phenoxy) is 2. The lowest BCUT2D eigenvalue weighted by Gasteiger charge is -2.41. The average Bonchev–Trinajstić information content (AvgIpc) is 2.73. The number of piperidine rings is 1. The molecule has 0 aliphatic carbocycles. The molecular weight excluding hydrogens is 371 g/mol. The Morgan fingerprint density at radius 2 is 1.79 bits per heavy atom. The van der Waals surface area contributed by atoms with Crippen molar-refractivity contribution in [1.29, 1.82) is 0 Å². The first-order valence-electron chi connectivity index (χ1n) is 10.3. The lowest BCUT2D eigenvalue weighted by Crippen LogP contribution is -2.56. The van der Waals surface area contributed by atoms with Crippen molar-refractivity contribution >= 4 is 6.09 Å². The van der Waals surface area contributed by atoms with Crippen LogP contribution in [0.25, 0.3) is 0 Å². The standard InChI is InChI=1S/C23H25FN2O3/c24-17-7-5-16(6-8-17)22-21-4-2-1-3-15(21)9-10-26(22)23(27)29-20-11-18-13-28-14-19(12-20)25-18/h1-8,18-20,22,25H,9-14H2. The van der Waals surface area contributed by atoms with Crippen LogP contribution in [-0.4, -0.2) is 48.9 Å². The van der Waals surface area contributed by atoms with E-state index in [9.17, 15) is 9.18 Å². The van der Waals surface area contributed by atoms with Crippen molar-refractivity contribution in [1.82, 2.24) is 10.2 Å². The summed E-state index contributed by atoms with van der Waals surface area (Å²) in [5, 5.41) is 3.52. The molecule has 2 aromatic rings. The van der Waals surface area contributed by atoms with Crippen molar-refractivity contribution in [2.75, 3.05) is 19.8 Å². The molecule has 1 N–H and O–H groups in total. The summed E-state index contributed by atoms with van der Waals surface area (Å²) in [6, 6.07) is 14.8. The molecule has 0 saturated carbocycles. The quantitative estimate of drug-likeness (QED) is 0.845. The van der Waals surface area contributed by atoms with Gasteiger partial charge in [0.15, 0.2) is 0 Å². The molecule has 2 saturated heterocycles. The first kappa shape index (κ1) is 18.6. The Hall–Kier alpha value is -2.44. The van der Waals surface area contributed by atoms with Crippen molar-refractivity contribution in [2.45, 2.75) is 43.5 Å². The molecule has 0 spiro atoms. The molecule has 2 bridgehead atoms. The van der Waals surface area contributed by atoms with Gasteiger partial charge >= 0.3 is 6.09 Å². The van der Waals surface area contributed by atoms with Crippen LogP contribution >= 0.6 is 0 Å². The fourth-order valence-corrected chi connectivity index (χ4v) is 4.86. The van der Waals surface area contributed by atoms with Crippen LogP contribution in [0.3, 0.4) is 0 Å². The van der Waals surface area contributed by atoms with Gasteiger partial charge in [-0.3, -0.25) is 4.90 Å². The molecule has 2 fully saturated rings. The third kappa shape index (κ3) is 3.74. The molecule has 6 heteroatoms. The Morgan fingerprint density at radius 1 is 1.07 bits per heavy atom. The van der Waals surface area contributed by atoms with Crippen molar-refractivity contribution in [2.24, 2.45) is 0 Å². The largest absolute Gasteiger partial charge is 0.446 e. The van der Waals surface area contributed by atoms with Gasteiger partial charge in [-0.05, 0) is 35.2 Å². The Morgan fingerprint density at radius 3 is 2.55 bits per heavy atom. The maximum absolute atomic E-state index is 13.5. The van der Waals surface area contributed by atoms with Crippen LogP contribution in [0.2, 0.25) is 0 Å². The number of rotatable bonds is 2. The molecule has 3 unspecified atom stereocenters. The molecule has 5 rings (SSSR count). The zero-order valence-electron chi connectivity index (χ0n) is 16.2. The first-order chi connectivity index (χ1) is 14.2. The molecule has 0 radical (unpaired) electrons. The molecule has 3 atom stereocenters. The van der Waals surface area contributed by atoms with Crippen molar-refractivity contribution < 1.29 is 18.7 Å². The van der Waals surface area contributed by atoms with E-state index in [1.165, 1.54) is 17.7 Å². The second-order valence-corrected chi connectivity index (χ2v) is 8.17. The summed E-state index contributed by atoms with van der Waals surface area (Å²) >= 11 is 0. The average molecular weight is 396 g/mol. The van der Waals surface area contributed by atoms with Crippen LogP contribution in [0, 0.1) is 5.82 Å². The normalized spacial score (nSPS) is 28.5. The van der Waals surface area contributed by atoms with E-state index in [-0.39, 0.29) is 36.1 Å². The number of carbonyl (C=O) groups is 1. The Bertz CT molecular complexity index is 876. The Labute approximate surface area is 169 Å².